The van der Waals surface area contributed by atoms with E-state index in [2.05, 4.69) is 15.0 Å². The molecule has 2 rings (SSSR count). The topological polar surface area (TPSA) is 64.7 Å². The van der Waals surface area contributed by atoms with Gasteiger partial charge in [-0.05, 0) is 31.2 Å². The summed E-state index contributed by atoms with van der Waals surface area (Å²) in [5.41, 5.74) is 6.64. The third kappa shape index (κ3) is 3.48. The molecule has 0 amide bonds. The van der Waals surface area contributed by atoms with Crippen LogP contribution in [0.3, 0.4) is 0 Å². The van der Waals surface area contributed by atoms with Gasteiger partial charge in [0.2, 0.25) is 0 Å². The lowest BCUT2D eigenvalue weighted by molar-refractivity contribution is 0.783. The van der Waals surface area contributed by atoms with Gasteiger partial charge in [0.05, 0.1) is 0 Å². The van der Waals surface area contributed by atoms with Gasteiger partial charge in [0, 0.05) is 17.9 Å². The standard InChI is InChI=1S/C13H15ClN4/c1-9-16-12(6-7-15)18-13(17-9)8-10-2-4-11(14)5-3-10/h2-5H,6-8,15H2,1H3. The number of hydrogen-bond donors (Lipinski definition) is 1. The lowest BCUT2D eigenvalue weighted by atomic mass is 10.1. The second-order valence-corrected chi connectivity index (χ2v) is 4.49. The van der Waals surface area contributed by atoms with Crippen LogP contribution in [0.5, 0.6) is 0 Å². The average molecular weight is 263 g/mol. The summed E-state index contributed by atoms with van der Waals surface area (Å²) in [7, 11) is 0. The normalized spacial score (nSPS) is 10.6. The molecule has 4 nitrogen and oxygen atoms in total. The fourth-order valence-electron chi connectivity index (χ4n) is 1.70. The minimum atomic E-state index is 0.545. The van der Waals surface area contributed by atoms with Crippen LogP contribution in [0.4, 0.5) is 0 Å². The van der Waals surface area contributed by atoms with Crippen molar-refractivity contribution in [3.63, 3.8) is 0 Å². The van der Waals surface area contributed by atoms with E-state index < -0.39 is 0 Å². The molecule has 0 aliphatic heterocycles. The van der Waals surface area contributed by atoms with Crippen molar-refractivity contribution >= 4 is 11.6 Å². The highest BCUT2D eigenvalue weighted by Gasteiger charge is 2.04. The van der Waals surface area contributed by atoms with Crippen LogP contribution in [0.1, 0.15) is 23.0 Å². The third-order valence-electron chi connectivity index (χ3n) is 2.48. The second-order valence-electron chi connectivity index (χ2n) is 4.06. The smallest absolute Gasteiger partial charge is 0.136 e. The van der Waals surface area contributed by atoms with E-state index in [1.165, 1.54) is 0 Å². The molecular formula is C13H15ClN4. The minimum Gasteiger partial charge on any atom is -0.330 e. The SMILES string of the molecule is Cc1nc(CCN)nc(Cc2ccc(Cl)cc2)n1. The molecule has 2 aromatic rings. The summed E-state index contributed by atoms with van der Waals surface area (Å²) in [6, 6.07) is 7.69. The Morgan fingerprint density at radius 1 is 1.06 bits per heavy atom. The summed E-state index contributed by atoms with van der Waals surface area (Å²) < 4.78 is 0. The van der Waals surface area contributed by atoms with E-state index >= 15 is 0 Å². The molecule has 0 spiro atoms. The monoisotopic (exact) mass is 262 g/mol. The van der Waals surface area contributed by atoms with Crippen LogP contribution in [0, 0.1) is 6.92 Å². The second kappa shape index (κ2) is 5.89. The van der Waals surface area contributed by atoms with Gasteiger partial charge in [-0.2, -0.15) is 0 Å². The summed E-state index contributed by atoms with van der Waals surface area (Å²) in [5, 5.41) is 0.731. The molecule has 0 saturated heterocycles. The van der Waals surface area contributed by atoms with Crippen molar-refractivity contribution in [2.24, 2.45) is 5.73 Å². The molecule has 18 heavy (non-hydrogen) atoms. The zero-order chi connectivity index (χ0) is 13.0. The van der Waals surface area contributed by atoms with Gasteiger partial charge in [-0.3, -0.25) is 0 Å². The van der Waals surface area contributed by atoms with Gasteiger partial charge in [0.15, 0.2) is 0 Å². The Morgan fingerprint density at radius 3 is 2.39 bits per heavy atom. The Labute approximate surface area is 111 Å². The van der Waals surface area contributed by atoms with Crippen LogP contribution in [0.15, 0.2) is 24.3 Å². The van der Waals surface area contributed by atoms with Gasteiger partial charge in [0.25, 0.3) is 0 Å². The first-order valence-electron chi connectivity index (χ1n) is 5.82. The zero-order valence-electron chi connectivity index (χ0n) is 10.2. The van der Waals surface area contributed by atoms with Gasteiger partial charge in [-0.25, -0.2) is 15.0 Å². The first-order valence-corrected chi connectivity index (χ1v) is 6.20. The van der Waals surface area contributed by atoms with Crippen LogP contribution in [-0.4, -0.2) is 21.5 Å². The first kappa shape index (κ1) is 12.9. The van der Waals surface area contributed by atoms with Crippen molar-refractivity contribution in [1.29, 1.82) is 0 Å². The highest BCUT2D eigenvalue weighted by atomic mass is 35.5. The number of nitrogens with zero attached hydrogens (tertiary/aromatic N) is 3. The molecule has 0 unspecified atom stereocenters. The summed E-state index contributed by atoms with van der Waals surface area (Å²) >= 11 is 5.85. The van der Waals surface area contributed by atoms with Crippen molar-refractivity contribution < 1.29 is 0 Å². The molecule has 1 aromatic heterocycles. The fourth-order valence-corrected chi connectivity index (χ4v) is 1.83. The van der Waals surface area contributed by atoms with Gasteiger partial charge < -0.3 is 5.73 Å². The Morgan fingerprint density at radius 2 is 1.72 bits per heavy atom. The van der Waals surface area contributed by atoms with Gasteiger partial charge >= 0.3 is 0 Å². The quantitative estimate of drug-likeness (QED) is 0.914. The van der Waals surface area contributed by atoms with Crippen molar-refractivity contribution in [3.05, 3.63) is 52.3 Å². The number of nitrogens with two attached hydrogens (primary N) is 1. The fraction of sp³-hybridized carbons (Fsp3) is 0.308. The van der Waals surface area contributed by atoms with E-state index in [0.717, 1.165) is 28.1 Å². The molecule has 0 aliphatic rings. The number of halogens is 1. The number of hydrogen-bond acceptors (Lipinski definition) is 4. The van der Waals surface area contributed by atoms with Gasteiger partial charge in [-0.15, -0.1) is 0 Å². The number of rotatable bonds is 4. The number of benzene rings is 1. The summed E-state index contributed by atoms with van der Waals surface area (Å²) in [6.45, 7) is 2.41. The highest BCUT2D eigenvalue weighted by Crippen LogP contribution is 2.12. The molecule has 0 radical (unpaired) electrons. The Balaban J connectivity index is 2.20. The lowest BCUT2D eigenvalue weighted by Gasteiger charge is -2.04. The van der Waals surface area contributed by atoms with Crippen LogP contribution < -0.4 is 5.73 Å². The van der Waals surface area contributed by atoms with E-state index in [1.807, 2.05) is 31.2 Å². The molecule has 1 heterocycles. The maximum absolute atomic E-state index is 5.85. The van der Waals surface area contributed by atoms with Crippen LogP contribution in [0.2, 0.25) is 5.02 Å². The number of aromatic nitrogens is 3. The molecule has 5 heteroatoms. The molecule has 0 saturated carbocycles. The maximum Gasteiger partial charge on any atom is 0.136 e. The minimum absolute atomic E-state index is 0.545. The Hall–Kier alpha value is -1.52. The van der Waals surface area contributed by atoms with Crippen molar-refractivity contribution in [3.8, 4) is 0 Å². The van der Waals surface area contributed by atoms with E-state index in [0.29, 0.717) is 19.4 Å². The van der Waals surface area contributed by atoms with Crippen molar-refractivity contribution in [2.75, 3.05) is 6.54 Å². The average Bonchev–Trinajstić information content (AvgIpc) is 2.32. The molecule has 1 aromatic carbocycles. The van der Waals surface area contributed by atoms with Crippen molar-refractivity contribution in [1.82, 2.24) is 15.0 Å². The summed E-state index contributed by atoms with van der Waals surface area (Å²) in [5.74, 6) is 2.26. The Bertz CT molecular complexity index is 525. The largest absolute Gasteiger partial charge is 0.330 e. The first-order chi connectivity index (χ1) is 8.67. The van der Waals surface area contributed by atoms with Crippen LogP contribution >= 0.6 is 11.6 Å². The molecule has 94 valence electrons. The summed E-state index contributed by atoms with van der Waals surface area (Å²) in [4.78, 5) is 13.0. The predicted octanol–water partition coefficient (Wildman–Crippen LogP) is 1.93. The van der Waals surface area contributed by atoms with E-state index in [-0.39, 0.29) is 0 Å². The van der Waals surface area contributed by atoms with Gasteiger partial charge in [0.1, 0.15) is 17.5 Å². The molecule has 0 atom stereocenters. The lowest BCUT2D eigenvalue weighted by Crippen LogP contribution is -2.11. The van der Waals surface area contributed by atoms with E-state index in [1.54, 1.807) is 0 Å². The van der Waals surface area contributed by atoms with Crippen LogP contribution in [0.25, 0.3) is 0 Å². The molecule has 0 bridgehead atoms. The molecular weight excluding hydrogens is 248 g/mol. The molecule has 0 aliphatic carbocycles. The van der Waals surface area contributed by atoms with Crippen LogP contribution in [-0.2, 0) is 12.8 Å². The number of aryl methyl sites for hydroxylation is 1. The Kier molecular flexibility index (Phi) is 4.23. The highest BCUT2D eigenvalue weighted by molar-refractivity contribution is 6.30. The molecule has 2 N–H and O–H groups in total. The third-order valence-corrected chi connectivity index (χ3v) is 2.74. The maximum atomic E-state index is 5.85. The zero-order valence-corrected chi connectivity index (χ0v) is 11.0. The van der Waals surface area contributed by atoms with Gasteiger partial charge in [-0.1, -0.05) is 23.7 Å². The summed E-state index contributed by atoms with van der Waals surface area (Å²) in [6.07, 6.45) is 1.36. The predicted molar refractivity (Wildman–Crippen MR) is 71.6 cm³/mol. The van der Waals surface area contributed by atoms with E-state index in [4.69, 9.17) is 17.3 Å². The van der Waals surface area contributed by atoms with E-state index in [9.17, 15) is 0 Å². The van der Waals surface area contributed by atoms with Crippen molar-refractivity contribution in [2.45, 2.75) is 19.8 Å². The molecule has 0 fully saturated rings.